The van der Waals surface area contributed by atoms with Crippen LogP contribution in [0.3, 0.4) is 0 Å². The standard InChI is InChI=1S/C30H36N4O6S/c1-21-18-34(22(2)20-35)29(36)17-23-16-25(32-41(38,39)26-12-8-5-9-13-26)14-15-27(23)40-28(21)19-33(3)30(37)31-24-10-6-4-7-11-24/h4-16,21-22,28,32,35H,17-20H2,1-3H3,(H,31,37)/t21-,22-,28+/m0/s1. The molecule has 0 saturated heterocycles. The number of ether oxygens (including phenoxy) is 1. The first-order chi connectivity index (χ1) is 19.6. The number of para-hydroxylation sites is 1. The number of sulfonamides is 1. The van der Waals surface area contributed by atoms with Crippen molar-refractivity contribution in [1.82, 2.24) is 9.80 Å². The van der Waals surface area contributed by atoms with Crippen molar-refractivity contribution < 1.29 is 27.9 Å². The highest BCUT2D eigenvalue weighted by molar-refractivity contribution is 7.92. The highest BCUT2D eigenvalue weighted by atomic mass is 32.2. The minimum absolute atomic E-state index is 0.0512. The minimum atomic E-state index is -3.85. The molecule has 1 aliphatic heterocycles. The van der Waals surface area contributed by atoms with Gasteiger partial charge in [0.25, 0.3) is 10.0 Å². The Morgan fingerprint density at radius 2 is 1.73 bits per heavy atom. The van der Waals surface area contributed by atoms with Crippen molar-refractivity contribution >= 4 is 33.3 Å². The second kappa shape index (κ2) is 13.0. The van der Waals surface area contributed by atoms with Crippen LogP contribution in [0.4, 0.5) is 16.2 Å². The molecule has 0 saturated carbocycles. The molecule has 3 atom stereocenters. The molecule has 218 valence electrons. The predicted octanol–water partition coefficient (Wildman–Crippen LogP) is 3.80. The molecule has 0 spiro atoms. The van der Waals surface area contributed by atoms with E-state index >= 15 is 0 Å². The summed E-state index contributed by atoms with van der Waals surface area (Å²) < 4.78 is 34.8. The first kappa shape index (κ1) is 29.9. The van der Waals surface area contributed by atoms with Crippen molar-refractivity contribution in [1.29, 1.82) is 0 Å². The normalized spacial score (nSPS) is 18.1. The number of likely N-dealkylation sites (N-methyl/N-ethyl adjacent to an activating group) is 1. The molecule has 3 amide bonds. The van der Waals surface area contributed by atoms with Crippen LogP contribution < -0.4 is 14.8 Å². The number of rotatable bonds is 8. The maximum absolute atomic E-state index is 13.4. The van der Waals surface area contributed by atoms with Crippen LogP contribution in [0.2, 0.25) is 0 Å². The number of aliphatic hydroxyl groups excluding tert-OH is 1. The number of fused-ring (bicyclic) bond motifs is 1. The maximum atomic E-state index is 13.4. The number of carbonyl (C=O) groups is 2. The second-order valence-electron chi connectivity index (χ2n) is 10.3. The van der Waals surface area contributed by atoms with E-state index in [0.717, 1.165) is 0 Å². The molecule has 0 aliphatic carbocycles. The van der Waals surface area contributed by atoms with Crippen LogP contribution in [-0.2, 0) is 21.2 Å². The van der Waals surface area contributed by atoms with Crippen LogP contribution in [0.15, 0.2) is 83.8 Å². The van der Waals surface area contributed by atoms with E-state index in [-0.39, 0.29) is 48.0 Å². The van der Waals surface area contributed by atoms with E-state index in [2.05, 4.69) is 10.0 Å². The summed E-state index contributed by atoms with van der Waals surface area (Å²) in [5.74, 6) is -0.00231. The van der Waals surface area contributed by atoms with Gasteiger partial charge >= 0.3 is 6.03 Å². The van der Waals surface area contributed by atoms with Gasteiger partial charge in [0.1, 0.15) is 11.9 Å². The average Bonchev–Trinajstić information content (AvgIpc) is 3.01. The van der Waals surface area contributed by atoms with Gasteiger partial charge in [-0.2, -0.15) is 0 Å². The molecule has 41 heavy (non-hydrogen) atoms. The highest BCUT2D eigenvalue weighted by Gasteiger charge is 2.32. The van der Waals surface area contributed by atoms with Crippen molar-refractivity contribution in [2.45, 2.75) is 37.3 Å². The van der Waals surface area contributed by atoms with Crippen molar-refractivity contribution in [3.63, 3.8) is 0 Å². The Balaban J connectivity index is 1.62. The summed E-state index contributed by atoms with van der Waals surface area (Å²) in [4.78, 5) is 29.6. The lowest BCUT2D eigenvalue weighted by Crippen LogP contribution is -2.48. The number of urea groups is 1. The molecule has 3 aromatic carbocycles. The number of aliphatic hydroxyl groups is 1. The monoisotopic (exact) mass is 580 g/mol. The van der Waals surface area contributed by atoms with Gasteiger partial charge in [-0.3, -0.25) is 9.52 Å². The van der Waals surface area contributed by atoms with E-state index in [1.54, 1.807) is 67.4 Å². The third-order valence-corrected chi connectivity index (χ3v) is 8.44. The Hall–Kier alpha value is -4.09. The summed E-state index contributed by atoms with van der Waals surface area (Å²) in [6.45, 7) is 4.01. The van der Waals surface area contributed by atoms with E-state index in [9.17, 15) is 23.1 Å². The Bertz CT molecular complexity index is 1450. The predicted molar refractivity (Wildman–Crippen MR) is 157 cm³/mol. The Kier molecular flexibility index (Phi) is 9.51. The van der Waals surface area contributed by atoms with Gasteiger partial charge in [0.15, 0.2) is 0 Å². The SMILES string of the molecule is C[C@H]1CN([C@@H](C)CO)C(=O)Cc2cc(NS(=O)(=O)c3ccccc3)ccc2O[C@@H]1CN(C)C(=O)Nc1ccccc1. The lowest BCUT2D eigenvalue weighted by molar-refractivity contribution is -0.134. The lowest BCUT2D eigenvalue weighted by atomic mass is 10.0. The fraction of sp³-hybridized carbons (Fsp3) is 0.333. The van der Waals surface area contributed by atoms with Gasteiger partial charge in [0.2, 0.25) is 5.91 Å². The van der Waals surface area contributed by atoms with Gasteiger partial charge < -0.3 is 25.0 Å². The fourth-order valence-corrected chi connectivity index (χ4v) is 5.69. The molecule has 10 nitrogen and oxygen atoms in total. The van der Waals surface area contributed by atoms with Gasteiger partial charge in [0.05, 0.1) is 30.5 Å². The van der Waals surface area contributed by atoms with Crippen LogP contribution in [-0.4, -0.2) is 74.2 Å². The van der Waals surface area contributed by atoms with Gasteiger partial charge in [0, 0.05) is 36.4 Å². The van der Waals surface area contributed by atoms with E-state index in [1.807, 2.05) is 25.1 Å². The van der Waals surface area contributed by atoms with Crippen molar-refractivity contribution in [3.05, 3.63) is 84.4 Å². The number of nitrogens with zero attached hydrogens (tertiary/aromatic N) is 2. The zero-order valence-corrected chi connectivity index (χ0v) is 24.2. The molecule has 0 unspecified atom stereocenters. The van der Waals surface area contributed by atoms with E-state index in [4.69, 9.17) is 4.74 Å². The number of hydrogen-bond acceptors (Lipinski definition) is 6. The van der Waals surface area contributed by atoms with Crippen LogP contribution >= 0.6 is 0 Å². The van der Waals surface area contributed by atoms with Crippen LogP contribution in [0, 0.1) is 5.92 Å². The summed E-state index contributed by atoms with van der Waals surface area (Å²) in [6, 6.07) is 21.2. The minimum Gasteiger partial charge on any atom is -0.488 e. The Labute approximate surface area is 241 Å². The van der Waals surface area contributed by atoms with Crippen LogP contribution in [0.25, 0.3) is 0 Å². The third kappa shape index (κ3) is 7.56. The Morgan fingerprint density at radius 1 is 1.07 bits per heavy atom. The summed E-state index contributed by atoms with van der Waals surface area (Å²) in [5, 5.41) is 12.7. The fourth-order valence-electron chi connectivity index (χ4n) is 4.62. The molecule has 0 aromatic heterocycles. The maximum Gasteiger partial charge on any atom is 0.321 e. The molecule has 3 N–H and O–H groups in total. The average molecular weight is 581 g/mol. The number of amides is 3. The topological polar surface area (TPSA) is 128 Å². The largest absolute Gasteiger partial charge is 0.488 e. The van der Waals surface area contributed by atoms with Crippen molar-refractivity contribution in [2.24, 2.45) is 5.92 Å². The molecule has 0 bridgehead atoms. The first-order valence-corrected chi connectivity index (χ1v) is 14.9. The molecule has 0 radical (unpaired) electrons. The molecular weight excluding hydrogens is 544 g/mol. The molecule has 11 heteroatoms. The smallest absolute Gasteiger partial charge is 0.321 e. The molecule has 4 rings (SSSR count). The van der Waals surface area contributed by atoms with E-state index < -0.39 is 22.2 Å². The van der Waals surface area contributed by atoms with Crippen molar-refractivity contribution in [3.8, 4) is 5.75 Å². The van der Waals surface area contributed by atoms with E-state index in [0.29, 0.717) is 23.5 Å². The zero-order chi connectivity index (χ0) is 29.6. The van der Waals surface area contributed by atoms with Gasteiger partial charge in [-0.15, -0.1) is 0 Å². The molecule has 3 aromatic rings. The highest BCUT2D eigenvalue weighted by Crippen LogP contribution is 2.30. The number of benzene rings is 3. The number of nitrogens with one attached hydrogen (secondary N) is 2. The quantitative estimate of drug-likeness (QED) is 0.372. The molecular formula is C30H36N4O6S. The summed E-state index contributed by atoms with van der Waals surface area (Å²) in [7, 11) is -2.18. The van der Waals surface area contributed by atoms with Gasteiger partial charge in [-0.1, -0.05) is 43.3 Å². The summed E-state index contributed by atoms with van der Waals surface area (Å²) >= 11 is 0. The zero-order valence-electron chi connectivity index (χ0n) is 23.4. The van der Waals surface area contributed by atoms with Gasteiger partial charge in [-0.25, -0.2) is 13.2 Å². The second-order valence-corrected chi connectivity index (χ2v) is 12.0. The summed E-state index contributed by atoms with van der Waals surface area (Å²) in [6.07, 6.45) is -0.559. The number of anilines is 2. The third-order valence-electron chi connectivity index (χ3n) is 7.05. The number of carbonyl (C=O) groups excluding carboxylic acids is 2. The molecule has 1 aliphatic rings. The Morgan fingerprint density at radius 3 is 2.39 bits per heavy atom. The number of hydrogen-bond donors (Lipinski definition) is 3. The lowest BCUT2D eigenvalue weighted by Gasteiger charge is -2.34. The van der Waals surface area contributed by atoms with E-state index in [1.165, 1.54) is 17.0 Å². The molecule has 1 heterocycles. The van der Waals surface area contributed by atoms with Crippen LogP contribution in [0.1, 0.15) is 19.4 Å². The molecule has 0 fully saturated rings. The van der Waals surface area contributed by atoms with Crippen LogP contribution in [0.5, 0.6) is 5.75 Å². The van der Waals surface area contributed by atoms with Crippen molar-refractivity contribution in [2.75, 3.05) is 36.8 Å². The van der Waals surface area contributed by atoms with Gasteiger partial charge in [-0.05, 0) is 49.4 Å². The first-order valence-electron chi connectivity index (χ1n) is 13.4. The summed E-state index contributed by atoms with van der Waals surface area (Å²) in [5.41, 5.74) is 1.44.